The predicted octanol–water partition coefficient (Wildman–Crippen LogP) is 2.12. The van der Waals surface area contributed by atoms with Crippen LogP contribution in [0.25, 0.3) is 10.9 Å². The lowest BCUT2D eigenvalue weighted by atomic mass is 10.00. The number of benzene rings is 1. The molecule has 0 saturated carbocycles. The molecule has 6 heteroatoms. The van der Waals surface area contributed by atoms with Crippen LogP contribution in [0.15, 0.2) is 30.5 Å². The number of hydrogen-bond acceptors (Lipinski definition) is 4. The van der Waals surface area contributed by atoms with Crippen LogP contribution < -0.4 is 0 Å². The van der Waals surface area contributed by atoms with E-state index >= 15 is 0 Å². The maximum absolute atomic E-state index is 13.1. The van der Waals surface area contributed by atoms with E-state index in [2.05, 4.69) is 23.7 Å². The van der Waals surface area contributed by atoms with Crippen LogP contribution in [-0.2, 0) is 9.47 Å². The Hall–Kier alpha value is -1.89. The molecule has 0 bridgehead atoms. The molecule has 1 aromatic carbocycles. The second-order valence-electron chi connectivity index (χ2n) is 7.65. The molecule has 4 rings (SSSR count). The van der Waals surface area contributed by atoms with Gasteiger partial charge in [-0.25, -0.2) is 0 Å². The third-order valence-electron chi connectivity index (χ3n) is 5.45. The maximum Gasteiger partial charge on any atom is 0.254 e. The minimum absolute atomic E-state index is 0.0597. The number of nitrogens with one attached hydrogen (secondary N) is 1. The summed E-state index contributed by atoms with van der Waals surface area (Å²) in [6, 6.07) is 8.27. The number of fused-ring (bicyclic) bond motifs is 1. The molecule has 1 spiro atoms. The van der Waals surface area contributed by atoms with Gasteiger partial charge in [0.25, 0.3) is 5.91 Å². The molecule has 6 nitrogen and oxygen atoms in total. The van der Waals surface area contributed by atoms with E-state index in [1.165, 1.54) is 0 Å². The number of morpholine rings is 1. The van der Waals surface area contributed by atoms with Crippen molar-refractivity contribution >= 4 is 16.8 Å². The van der Waals surface area contributed by atoms with Gasteiger partial charge in [0.05, 0.1) is 26.4 Å². The molecule has 0 unspecified atom stereocenters. The molecule has 26 heavy (non-hydrogen) atoms. The molecule has 2 aliphatic heterocycles. The highest BCUT2D eigenvalue weighted by Gasteiger charge is 2.42. The summed E-state index contributed by atoms with van der Waals surface area (Å²) in [6.07, 6.45) is 1.89. The van der Waals surface area contributed by atoms with Gasteiger partial charge in [0.2, 0.25) is 0 Å². The zero-order valence-corrected chi connectivity index (χ0v) is 15.5. The molecule has 3 heterocycles. The van der Waals surface area contributed by atoms with Crippen molar-refractivity contribution in [1.29, 1.82) is 0 Å². The zero-order chi connectivity index (χ0) is 18.1. The molecule has 2 aromatic rings. The fraction of sp³-hybridized carbons (Fsp3) is 0.550. The van der Waals surface area contributed by atoms with Crippen molar-refractivity contribution in [2.75, 3.05) is 46.0 Å². The van der Waals surface area contributed by atoms with Crippen LogP contribution in [-0.4, -0.2) is 78.3 Å². The first-order chi connectivity index (χ1) is 12.6. The van der Waals surface area contributed by atoms with Crippen LogP contribution in [0.4, 0.5) is 0 Å². The van der Waals surface area contributed by atoms with E-state index < -0.39 is 5.60 Å². The summed E-state index contributed by atoms with van der Waals surface area (Å²) in [7, 11) is 0. The number of rotatable bonds is 2. The van der Waals surface area contributed by atoms with Gasteiger partial charge in [-0.1, -0.05) is 6.07 Å². The van der Waals surface area contributed by atoms with Gasteiger partial charge in [0, 0.05) is 43.0 Å². The fourth-order valence-corrected chi connectivity index (χ4v) is 3.94. The third kappa shape index (κ3) is 3.37. The Balaban J connectivity index is 1.54. The molecular weight excluding hydrogens is 330 g/mol. The summed E-state index contributed by atoms with van der Waals surface area (Å²) in [4.78, 5) is 20.6. The van der Waals surface area contributed by atoms with Crippen molar-refractivity contribution in [3.05, 3.63) is 36.0 Å². The largest absolute Gasteiger partial charge is 0.377 e. The number of H-pyrrole nitrogens is 1. The lowest BCUT2D eigenvalue weighted by molar-refractivity contribution is -0.134. The molecule has 2 aliphatic rings. The van der Waals surface area contributed by atoms with E-state index in [1.54, 1.807) is 0 Å². The van der Waals surface area contributed by atoms with E-state index in [0.29, 0.717) is 44.5 Å². The van der Waals surface area contributed by atoms with Crippen molar-refractivity contribution in [3.8, 4) is 0 Å². The highest BCUT2D eigenvalue weighted by Crippen LogP contribution is 2.25. The van der Waals surface area contributed by atoms with Gasteiger partial charge in [0.1, 0.15) is 5.60 Å². The number of amides is 1. The van der Waals surface area contributed by atoms with Gasteiger partial charge in [-0.15, -0.1) is 0 Å². The zero-order valence-electron chi connectivity index (χ0n) is 15.5. The lowest BCUT2D eigenvalue weighted by Crippen LogP contribution is -2.60. The van der Waals surface area contributed by atoms with Crippen molar-refractivity contribution in [2.45, 2.75) is 25.5 Å². The summed E-state index contributed by atoms with van der Waals surface area (Å²) >= 11 is 0. The number of carbonyl (C=O) groups is 1. The molecule has 0 aliphatic carbocycles. The summed E-state index contributed by atoms with van der Waals surface area (Å²) in [6.45, 7) is 9.06. The number of aromatic nitrogens is 1. The number of nitrogens with zero attached hydrogens (tertiary/aromatic N) is 2. The van der Waals surface area contributed by atoms with Gasteiger partial charge in [-0.2, -0.15) is 0 Å². The standard InChI is InChI=1S/C20H27N3O3/c1-15(2)22-7-9-25-14-20(12-22)13-23(8-10-26-20)19(24)17-4-3-16-5-6-21-18(16)11-17/h3-6,11,15,21H,7-10,12-14H2,1-2H3/t20-/m0/s1. The Labute approximate surface area is 154 Å². The van der Waals surface area contributed by atoms with Gasteiger partial charge in [0.15, 0.2) is 0 Å². The Bertz CT molecular complexity index is 787. The quantitative estimate of drug-likeness (QED) is 0.894. The summed E-state index contributed by atoms with van der Waals surface area (Å²) < 4.78 is 12.0. The van der Waals surface area contributed by atoms with E-state index in [9.17, 15) is 4.79 Å². The smallest absolute Gasteiger partial charge is 0.254 e. The molecule has 1 atom stereocenters. The first kappa shape index (κ1) is 17.5. The molecule has 0 radical (unpaired) electrons. The van der Waals surface area contributed by atoms with Gasteiger partial charge in [-0.05, 0) is 37.4 Å². The second kappa shape index (κ2) is 7.02. The topological polar surface area (TPSA) is 57.8 Å². The number of aromatic amines is 1. The van der Waals surface area contributed by atoms with E-state index in [1.807, 2.05) is 35.4 Å². The minimum atomic E-state index is -0.439. The van der Waals surface area contributed by atoms with Crippen molar-refractivity contribution in [3.63, 3.8) is 0 Å². The normalized spacial score (nSPS) is 25.1. The highest BCUT2D eigenvalue weighted by molar-refractivity contribution is 5.98. The molecule has 1 N–H and O–H groups in total. The van der Waals surface area contributed by atoms with E-state index in [4.69, 9.17) is 9.47 Å². The number of carbonyl (C=O) groups excluding carboxylic acids is 1. The van der Waals surface area contributed by atoms with Crippen LogP contribution in [0, 0.1) is 0 Å². The van der Waals surface area contributed by atoms with Gasteiger partial charge >= 0.3 is 0 Å². The second-order valence-corrected chi connectivity index (χ2v) is 7.65. The van der Waals surface area contributed by atoms with Crippen molar-refractivity contribution < 1.29 is 14.3 Å². The van der Waals surface area contributed by atoms with Crippen LogP contribution in [0.5, 0.6) is 0 Å². The summed E-state index contributed by atoms with van der Waals surface area (Å²) in [5, 5.41) is 1.12. The summed E-state index contributed by atoms with van der Waals surface area (Å²) in [5.41, 5.74) is 1.26. The number of ether oxygens (including phenoxy) is 2. The van der Waals surface area contributed by atoms with Crippen LogP contribution in [0.3, 0.4) is 0 Å². The molecule has 1 aromatic heterocycles. The van der Waals surface area contributed by atoms with E-state index in [-0.39, 0.29) is 5.91 Å². The number of hydrogen-bond donors (Lipinski definition) is 1. The first-order valence-corrected chi connectivity index (χ1v) is 9.39. The third-order valence-corrected chi connectivity index (χ3v) is 5.45. The van der Waals surface area contributed by atoms with Crippen LogP contribution in [0.1, 0.15) is 24.2 Å². The maximum atomic E-state index is 13.1. The Kier molecular flexibility index (Phi) is 4.73. The SMILES string of the molecule is CC(C)N1CCOC[C@@]2(CN(C(=O)c3ccc4cc[nH]c4c3)CCO2)C1. The molecule has 2 fully saturated rings. The predicted molar refractivity (Wildman–Crippen MR) is 100 cm³/mol. The summed E-state index contributed by atoms with van der Waals surface area (Å²) in [5.74, 6) is 0.0597. The van der Waals surface area contributed by atoms with Gasteiger partial charge in [-0.3, -0.25) is 9.69 Å². The minimum Gasteiger partial charge on any atom is -0.377 e. The molecule has 1 amide bonds. The Morgan fingerprint density at radius 2 is 2.08 bits per heavy atom. The monoisotopic (exact) mass is 357 g/mol. The van der Waals surface area contributed by atoms with Crippen LogP contribution in [0.2, 0.25) is 0 Å². The van der Waals surface area contributed by atoms with Crippen molar-refractivity contribution in [2.24, 2.45) is 0 Å². The first-order valence-electron chi connectivity index (χ1n) is 9.39. The molecule has 2 saturated heterocycles. The van der Waals surface area contributed by atoms with Crippen molar-refractivity contribution in [1.82, 2.24) is 14.8 Å². The Morgan fingerprint density at radius 3 is 2.92 bits per heavy atom. The average molecular weight is 357 g/mol. The van der Waals surface area contributed by atoms with Gasteiger partial charge < -0.3 is 19.4 Å². The average Bonchev–Trinajstić information content (AvgIpc) is 3.02. The fourth-order valence-electron chi connectivity index (χ4n) is 3.94. The Morgan fingerprint density at radius 1 is 1.19 bits per heavy atom. The lowest BCUT2D eigenvalue weighted by Gasteiger charge is -2.44. The van der Waals surface area contributed by atoms with E-state index in [0.717, 1.165) is 24.0 Å². The van der Waals surface area contributed by atoms with Crippen LogP contribution >= 0.6 is 0 Å². The highest BCUT2D eigenvalue weighted by atomic mass is 16.5. The molecular formula is C20H27N3O3. The molecule has 140 valence electrons.